The average molecular weight is 319 g/mol. The van der Waals surface area contributed by atoms with Gasteiger partial charge in [-0.15, -0.1) is 0 Å². The molecule has 0 saturated carbocycles. The minimum atomic E-state index is -0.828. The summed E-state index contributed by atoms with van der Waals surface area (Å²) in [5, 5.41) is 3.04. The van der Waals surface area contributed by atoms with Crippen LogP contribution >= 0.6 is 11.6 Å². The van der Waals surface area contributed by atoms with E-state index in [1.165, 1.54) is 18.2 Å². The lowest BCUT2D eigenvalue weighted by Gasteiger charge is -2.13. The molecule has 2 aromatic rings. The molecule has 0 aliphatic carbocycles. The van der Waals surface area contributed by atoms with Gasteiger partial charge in [0.1, 0.15) is 11.9 Å². The molecule has 1 N–H and O–H groups in total. The molecule has 1 heterocycles. The molecular formula is C16H12ClFN2O2. The normalized spacial score (nSPS) is 17.8. The summed E-state index contributed by atoms with van der Waals surface area (Å²) < 4.78 is 13.3. The molecule has 1 aliphatic rings. The maximum atomic E-state index is 13.3. The highest BCUT2D eigenvalue weighted by molar-refractivity contribution is 6.31. The molecule has 4 nitrogen and oxygen atoms in total. The van der Waals surface area contributed by atoms with Gasteiger partial charge in [0.15, 0.2) is 0 Å². The largest absolute Gasteiger partial charge is 0.329 e. The number of halogens is 2. The Morgan fingerprint density at radius 1 is 1.18 bits per heavy atom. The van der Waals surface area contributed by atoms with Crippen LogP contribution in [0.1, 0.15) is 17.2 Å². The number of carbonyl (C=O) groups excluding carboxylic acids is 2. The Balaban J connectivity index is 1.96. The van der Waals surface area contributed by atoms with Crippen molar-refractivity contribution in [2.24, 2.45) is 0 Å². The summed E-state index contributed by atoms with van der Waals surface area (Å²) in [4.78, 5) is 25.7. The number of nitrogens with zero attached hydrogens (tertiary/aromatic N) is 1. The van der Waals surface area contributed by atoms with Gasteiger partial charge in [-0.1, -0.05) is 29.8 Å². The van der Waals surface area contributed by atoms with E-state index in [4.69, 9.17) is 11.6 Å². The van der Waals surface area contributed by atoms with E-state index in [1.807, 2.05) is 0 Å². The van der Waals surface area contributed by atoms with Gasteiger partial charge in [-0.2, -0.15) is 0 Å². The van der Waals surface area contributed by atoms with Crippen LogP contribution in [0.15, 0.2) is 42.5 Å². The highest BCUT2D eigenvalue weighted by Gasteiger charge is 2.40. The first-order chi connectivity index (χ1) is 10.5. The molecule has 1 atom stereocenters. The number of carbonyl (C=O) groups is 2. The maximum absolute atomic E-state index is 13.3. The maximum Gasteiger partial charge on any atom is 0.329 e. The Labute approximate surface area is 131 Å². The predicted octanol–water partition coefficient (Wildman–Crippen LogP) is 3.59. The van der Waals surface area contributed by atoms with Crippen molar-refractivity contribution in [3.63, 3.8) is 0 Å². The number of nitrogens with one attached hydrogen (secondary N) is 1. The van der Waals surface area contributed by atoms with Gasteiger partial charge < -0.3 is 5.32 Å². The van der Waals surface area contributed by atoms with Crippen LogP contribution in [-0.2, 0) is 4.79 Å². The van der Waals surface area contributed by atoms with E-state index in [1.54, 1.807) is 31.2 Å². The molecule has 6 heteroatoms. The van der Waals surface area contributed by atoms with Crippen LogP contribution in [-0.4, -0.2) is 11.9 Å². The van der Waals surface area contributed by atoms with Crippen LogP contribution in [0, 0.1) is 12.7 Å². The summed E-state index contributed by atoms with van der Waals surface area (Å²) in [6.07, 6.45) is 0. The zero-order valence-corrected chi connectivity index (χ0v) is 12.4. The Bertz CT molecular complexity index is 778. The first-order valence-electron chi connectivity index (χ1n) is 6.63. The van der Waals surface area contributed by atoms with Crippen LogP contribution in [0.25, 0.3) is 0 Å². The third-order valence-electron chi connectivity index (χ3n) is 3.52. The number of benzene rings is 2. The summed E-state index contributed by atoms with van der Waals surface area (Å²) in [5.41, 5.74) is 1.36. The summed E-state index contributed by atoms with van der Waals surface area (Å²) >= 11 is 5.90. The quantitative estimate of drug-likeness (QED) is 0.860. The Hall–Kier alpha value is -2.40. The average Bonchev–Trinajstić information content (AvgIpc) is 2.77. The minimum absolute atomic E-state index is 0.354. The Morgan fingerprint density at radius 2 is 1.95 bits per heavy atom. The van der Waals surface area contributed by atoms with Crippen molar-refractivity contribution in [3.05, 3.63) is 64.4 Å². The fourth-order valence-electron chi connectivity index (χ4n) is 2.41. The fourth-order valence-corrected chi connectivity index (χ4v) is 2.60. The third-order valence-corrected chi connectivity index (χ3v) is 3.76. The topological polar surface area (TPSA) is 49.4 Å². The second kappa shape index (κ2) is 5.42. The van der Waals surface area contributed by atoms with E-state index in [9.17, 15) is 14.0 Å². The third kappa shape index (κ3) is 2.44. The molecule has 3 rings (SSSR count). The van der Waals surface area contributed by atoms with Crippen molar-refractivity contribution < 1.29 is 14.0 Å². The lowest BCUT2D eigenvalue weighted by molar-refractivity contribution is -0.118. The summed E-state index contributed by atoms with van der Waals surface area (Å²) in [7, 11) is 0. The van der Waals surface area contributed by atoms with Crippen molar-refractivity contribution in [2.75, 3.05) is 4.90 Å². The van der Waals surface area contributed by atoms with Crippen molar-refractivity contribution in [2.45, 2.75) is 13.0 Å². The van der Waals surface area contributed by atoms with Crippen molar-refractivity contribution >= 4 is 29.2 Å². The number of hydrogen-bond acceptors (Lipinski definition) is 2. The van der Waals surface area contributed by atoms with Crippen molar-refractivity contribution in [1.82, 2.24) is 5.32 Å². The van der Waals surface area contributed by atoms with Gasteiger partial charge in [-0.3, -0.25) is 4.79 Å². The van der Waals surface area contributed by atoms with E-state index in [2.05, 4.69) is 5.32 Å². The molecule has 3 amide bonds. The summed E-state index contributed by atoms with van der Waals surface area (Å²) in [6, 6.07) is 9.46. The molecule has 1 fully saturated rings. The molecular weight excluding hydrogens is 307 g/mol. The zero-order chi connectivity index (χ0) is 15.9. The van der Waals surface area contributed by atoms with Gasteiger partial charge in [0.05, 0.1) is 5.69 Å². The monoisotopic (exact) mass is 318 g/mol. The van der Waals surface area contributed by atoms with E-state index >= 15 is 0 Å². The van der Waals surface area contributed by atoms with Gasteiger partial charge in [-0.05, 0) is 42.3 Å². The van der Waals surface area contributed by atoms with Crippen LogP contribution in [0.4, 0.5) is 14.9 Å². The first kappa shape index (κ1) is 14.5. The van der Waals surface area contributed by atoms with Gasteiger partial charge in [-0.25, -0.2) is 14.1 Å². The number of rotatable bonds is 2. The molecule has 0 aromatic heterocycles. The molecule has 2 aromatic carbocycles. The molecule has 0 spiro atoms. The molecule has 0 radical (unpaired) electrons. The smallest absolute Gasteiger partial charge is 0.321 e. The van der Waals surface area contributed by atoms with E-state index in [0.717, 1.165) is 4.90 Å². The van der Waals surface area contributed by atoms with Gasteiger partial charge in [0, 0.05) is 5.02 Å². The summed E-state index contributed by atoms with van der Waals surface area (Å²) in [5.74, 6) is -0.773. The highest BCUT2D eigenvalue weighted by Crippen LogP contribution is 2.29. The van der Waals surface area contributed by atoms with Crippen LogP contribution in [0.2, 0.25) is 5.02 Å². The van der Waals surface area contributed by atoms with E-state index in [-0.39, 0.29) is 5.82 Å². The number of amides is 3. The van der Waals surface area contributed by atoms with Crippen LogP contribution in [0.3, 0.4) is 0 Å². The number of imide groups is 1. The minimum Gasteiger partial charge on any atom is -0.321 e. The SMILES string of the molecule is Cc1cc([C@H]2NC(=O)N(c3cccc(Cl)c3)C2=O)ccc1F. The Kier molecular flexibility index (Phi) is 3.58. The van der Waals surface area contributed by atoms with Crippen LogP contribution < -0.4 is 10.2 Å². The van der Waals surface area contributed by atoms with E-state index in [0.29, 0.717) is 21.8 Å². The second-order valence-electron chi connectivity index (χ2n) is 5.04. The summed E-state index contributed by atoms with van der Waals surface area (Å²) in [6.45, 7) is 1.61. The van der Waals surface area contributed by atoms with Crippen molar-refractivity contribution in [1.29, 1.82) is 0 Å². The molecule has 22 heavy (non-hydrogen) atoms. The number of anilines is 1. The molecule has 0 bridgehead atoms. The molecule has 1 saturated heterocycles. The van der Waals surface area contributed by atoms with E-state index < -0.39 is 18.0 Å². The standard InChI is InChI=1S/C16H12ClFN2O2/c1-9-7-10(5-6-13(9)18)14-15(21)20(16(22)19-14)12-4-2-3-11(17)8-12/h2-8,14H,1H3,(H,19,22)/t14-/m1/s1. The van der Waals surface area contributed by atoms with Crippen molar-refractivity contribution in [3.8, 4) is 0 Å². The lowest BCUT2D eigenvalue weighted by Crippen LogP contribution is -2.30. The van der Waals surface area contributed by atoms with Gasteiger partial charge >= 0.3 is 6.03 Å². The first-order valence-corrected chi connectivity index (χ1v) is 7.01. The number of aryl methyl sites for hydroxylation is 1. The molecule has 0 unspecified atom stereocenters. The number of hydrogen-bond donors (Lipinski definition) is 1. The number of urea groups is 1. The molecule has 1 aliphatic heterocycles. The van der Waals surface area contributed by atoms with Gasteiger partial charge in [0.25, 0.3) is 5.91 Å². The fraction of sp³-hybridized carbons (Fsp3) is 0.125. The predicted molar refractivity (Wildman–Crippen MR) is 81.3 cm³/mol. The highest BCUT2D eigenvalue weighted by atomic mass is 35.5. The lowest BCUT2D eigenvalue weighted by atomic mass is 10.0. The van der Waals surface area contributed by atoms with Crippen LogP contribution in [0.5, 0.6) is 0 Å². The zero-order valence-electron chi connectivity index (χ0n) is 11.6. The second-order valence-corrected chi connectivity index (χ2v) is 5.48. The Morgan fingerprint density at radius 3 is 2.64 bits per heavy atom. The molecule has 112 valence electrons. The van der Waals surface area contributed by atoms with Gasteiger partial charge in [0.2, 0.25) is 0 Å².